The molecule has 6 heteroatoms. The van der Waals surface area contributed by atoms with Crippen molar-refractivity contribution < 1.29 is 39.3 Å². The molecule has 0 saturated heterocycles. The van der Waals surface area contributed by atoms with E-state index in [4.69, 9.17) is 10.2 Å². The first kappa shape index (κ1) is 22.8. The third kappa shape index (κ3) is 48.2. The molecule has 0 spiro atoms. The molecule has 0 heterocycles. The van der Waals surface area contributed by atoms with Crippen LogP contribution in [0.3, 0.4) is 0 Å². The number of carbonyl (C=O) groups is 2. The van der Waals surface area contributed by atoms with Crippen molar-refractivity contribution in [1.29, 1.82) is 0 Å². The third-order valence-electron chi connectivity index (χ3n) is 0.349. The van der Waals surface area contributed by atoms with E-state index in [1.54, 1.807) is 0 Å². The molecule has 0 fully saturated rings. The molecule has 0 aliphatic carbocycles. The van der Waals surface area contributed by atoms with Crippen LogP contribution in [0.5, 0.6) is 0 Å². The van der Waals surface area contributed by atoms with Crippen molar-refractivity contribution >= 4 is 49.7 Å². The second-order valence-electron chi connectivity index (χ2n) is 1.08. The summed E-state index contributed by atoms with van der Waals surface area (Å²) < 4.78 is 0. The fourth-order valence-corrected chi connectivity index (χ4v) is 0. The maximum absolute atomic E-state index is 9.25. The van der Waals surface area contributed by atoms with Crippen molar-refractivity contribution in [1.82, 2.24) is 0 Å². The molecule has 0 radical (unpaired) electrons. The Hall–Kier alpha value is 0.303. The van der Waals surface area contributed by atoms with Gasteiger partial charge in [0.15, 0.2) is 0 Å². The normalized spacial score (nSPS) is 5.33. The fourth-order valence-electron chi connectivity index (χ4n) is 0. The molecule has 0 atom stereocenters. The Morgan fingerprint density at radius 1 is 1.00 bits per heavy atom. The molecular formula is C6H8CaO4Zn+4. The molecule has 0 amide bonds. The van der Waals surface area contributed by atoms with Crippen LogP contribution in [0, 0.1) is 0 Å². The minimum Gasteiger partial charge on any atom is -0.478 e. The first-order valence-electron chi connectivity index (χ1n) is 2.25. The van der Waals surface area contributed by atoms with Gasteiger partial charge in [0.25, 0.3) is 0 Å². The van der Waals surface area contributed by atoms with E-state index in [-0.39, 0.29) is 57.2 Å². The van der Waals surface area contributed by atoms with Crippen LogP contribution >= 0.6 is 0 Å². The number of carboxylic acids is 2. The van der Waals surface area contributed by atoms with E-state index < -0.39 is 11.9 Å². The summed E-state index contributed by atoms with van der Waals surface area (Å²) in [5.74, 6) is -1.96. The van der Waals surface area contributed by atoms with Crippen LogP contribution in [0.25, 0.3) is 0 Å². The Morgan fingerprint density at radius 3 is 1.08 bits per heavy atom. The Balaban J connectivity index is -0.0000000457. The summed E-state index contributed by atoms with van der Waals surface area (Å²) in [7, 11) is 0. The number of rotatable bonds is 2. The average molecular weight is 250 g/mol. The summed E-state index contributed by atoms with van der Waals surface area (Å²) in [6.45, 7) is 5.92. The maximum atomic E-state index is 9.25. The predicted molar refractivity (Wildman–Crippen MR) is 41.4 cm³/mol. The number of carboxylic acid groups (broad SMARTS) is 2. The largest absolute Gasteiger partial charge is 2.00 e. The molecule has 56 valence electrons. The monoisotopic (exact) mass is 248 g/mol. The van der Waals surface area contributed by atoms with Gasteiger partial charge in [0, 0.05) is 12.2 Å². The van der Waals surface area contributed by atoms with Gasteiger partial charge in [-0.1, -0.05) is 13.2 Å². The summed E-state index contributed by atoms with van der Waals surface area (Å²) in [4.78, 5) is 18.5. The Morgan fingerprint density at radius 2 is 1.08 bits per heavy atom. The first-order chi connectivity index (χ1) is 4.54. The van der Waals surface area contributed by atoms with Gasteiger partial charge in [0.05, 0.1) is 0 Å². The van der Waals surface area contributed by atoms with Crippen molar-refractivity contribution in [3.05, 3.63) is 25.3 Å². The standard InChI is InChI=1S/2C3H4O2.Ca.Zn/c2*1-2-3(4)5;;/h2*2H,1H2,(H,4,5);;/q;;2*+2. The van der Waals surface area contributed by atoms with Crippen LogP contribution in [0.2, 0.25) is 0 Å². The van der Waals surface area contributed by atoms with Crippen molar-refractivity contribution in [2.24, 2.45) is 0 Å². The molecule has 4 nitrogen and oxygen atoms in total. The van der Waals surface area contributed by atoms with E-state index in [0.29, 0.717) is 0 Å². The molecule has 0 aromatic carbocycles. The molecule has 2 N–H and O–H groups in total. The molecule has 0 rings (SSSR count). The summed E-state index contributed by atoms with van der Waals surface area (Å²) in [6.07, 6.45) is 1.67. The zero-order chi connectivity index (χ0) is 8.57. The molecule has 0 aliphatic rings. The van der Waals surface area contributed by atoms with Gasteiger partial charge in [0.1, 0.15) is 0 Å². The molecular weight excluding hydrogens is 242 g/mol. The number of hydrogen-bond donors (Lipinski definition) is 2. The van der Waals surface area contributed by atoms with Crippen LogP contribution in [0.4, 0.5) is 0 Å². The molecule has 0 bridgehead atoms. The van der Waals surface area contributed by atoms with Gasteiger partial charge in [-0.2, -0.15) is 0 Å². The number of hydrogen-bond acceptors (Lipinski definition) is 2. The second-order valence-corrected chi connectivity index (χ2v) is 1.08. The third-order valence-corrected chi connectivity index (χ3v) is 0.349. The molecule has 0 aromatic heterocycles. The molecule has 0 unspecified atom stereocenters. The SMILES string of the molecule is C=CC(=O)O.C=CC(=O)O.[Ca+2].[Zn+2]. The minimum absolute atomic E-state index is 0. The predicted octanol–water partition coefficient (Wildman–Crippen LogP) is 0.131. The van der Waals surface area contributed by atoms with Gasteiger partial charge in [-0.15, -0.1) is 0 Å². The van der Waals surface area contributed by atoms with E-state index in [1.807, 2.05) is 0 Å². The van der Waals surface area contributed by atoms with Crippen LogP contribution in [-0.4, -0.2) is 59.9 Å². The van der Waals surface area contributed by atoms with E-state index >= 15 is 0 Å². The summed E-state index contributed by atoms with van der Waals surface area (Å²) in [6, 6.07) is 0. The van der Waals surface area contributed by atoms with Gasteiger partial charge in [-0.3, -0.25) is 0 Å². The summed E-state index contributed by atoms with van der Waals surface area (Å²) in [5, 5.41) is 15.2. The van der Waals surface area contributed by atoms with Crippen LogP contribution in [-0.2, 0) is 29.1 Å². The second kappa shape index (κ2) is 17.4. The van der Waals surface area contributed by atoms with Crippen molar-refractivity contribution in [3.63, 3.8) is 0 Å². The zero-order valence-electron chi connectivity index (χ0n) is 6.69. The topological polar surface area (TPSA) is 74.6 Å². The van der Waals surface area contributed by atoms with E-state index in [1.165, 1.54) is 0 Å². The summed E-state index contributed by atoms with van der Waals surface area (Å²) in [5.41, 5.74) is 0. The van der Waals surface area contributed by atoms with Gasteiger partial charge in [-0.25, -0.2) is 9.59 Å². The molecule has 12 heavy (non-hydrogen) atoms. The van der Waals surface area contributed by atoms with Crippen molar-refractivity contribution in [2.75, 3.05) is 0 Å². The van der Waals surface area contributed by atoms with Gasteiger partial charge < -0.3 is 10.2 Å². The van der Waals surface area contributed by atoms with Gasteiger partial charge in [0.2, 0.25) is 0 Å². The fraction of sp³-hybridized carbons (Fsp3) is 0. The van der Waals surface area contributed by atoms with Gasteiger partial charge in [-0.05, 0) is 0 Å². The number of aliphatic carboxylic acids is 2. The van der Waals surface area contributed by atoms with E-state index in [9.17, 15) is 9.59 Å². The van der Waals surface area contributed by atoms with Crippen LogP contribution in [0.1, 0.15) is 0 Å². The molecule has 0 aromatic rings. The van der Waals surface area contributed by atoms with E-state index in [0.717, 1.165) is 12.2 Å². The van der Waals surface area contributed by atoms with Crippen LogP contribution in [0.15, 0.2) is 25.3 Å². The van der Waals surface area contributed by atoms with Crippen molar-refractivity contribution in [2.45, 2.75) is 0 Å². The average Bonchev–Trinajstić information content (AvgIpc) is 1.89. The smallest absolute Gasteiger partial charge is 0.478 e. The summed E-state index contributed by atoms with van der Waals surface area (Å²) >= 11 is 0. The Bertz CT molecular complexity index is 140. The molecule has 0 saturated carbocycles. The quantitative estimate of drug-likeness (QED) is 0.539. The maximum Gasteiger partial charge on any atom is 2.00 e. The first-order valence-corrected chi connectivity index (χ1v) is 2.25. The zero-order valence-corrected chi connectivity index (χ0v) is 11.9. The van der Waals surface area contributed by atoms with E-state index in [2.05, 4.69) is 13.2 Å². The Labute approximate surface area is 113 Å². The van der Waals surface area contributed by atoms with Crippen LogP contribution < -0.4 is 0 Å². The van der Waals surface area contributed by atoms with Gasteiger partial charge >= 0.3 is 69.2 Å². The van der Waals surface area contributed by atoms with Crippen molar-refractivity contribution in [3.8, 4) is 0 Å². The molecule has 0 aliphatic heterocycles. The minimum atomic E-state index is -0.981. The Kier molecular flexibility index (Phi) is 33.1.